The summed E-state index contributed by atoms with van der Waals surface area (Å²) in [6.07, 6.45) is 20.2. The molecule has 10 nitrogen and oxygen atoms in total. The van der Waals surface area contributed by atoms with Gasteiger partial charge in [0.05, 0.1) is 106 Å². The van der Waals surface area contributed by atoms with Crippen molar-refractivity contribution in [2.24, 2.45) is 0 Å². The number of hydrogen-bond donors (Lipinski definition) is 0. The number of rotatable bonds is 35. The van der Waals surface area contributed by atoms with Crippen LogP contribution in [0.15, 0.2) is 18.7 Å². The number of aromatic nitrogens is 2. The molecule has 248 valence electrons. The van der Waals surface area contributed by atoms with Crippen LogP contribution in [-0.2, 0) is 51.0 Å². The zero-order valence-electron chi connectivity index (χ0n) is 27.0. The Morgan fingerprint density at radius 1 is 0.476 bits per heavy atom. The van der Waals surface area contributed by atoms with Gasteiger partial charge < -0.3 is 37.9 Å². The zero-order chi connectivity index (χ0) is 30.0. The lowest BCUT2D eigenvalue weighted by atomic mass is 10.1. The largest absolute Gasteiger partial charge is 0.382 e. The highest BCUT2D eigenvalue weighted by molar-refractivity contribution is 4.66. The number of hydrogen-bond acceptors (Lipinski definition) is 8. The van der Waals surface area contributed by atoms with Crippen molar-refractivity contribution in [3.63, 3.8) is 0 Å². The van der Waals surface area contributed by atoms with Crippen molar-refractivity contribution in [3.8, 4) is 0 Å². The van der Waals surface area contributed by atoms with Gasteiger partial charge in [-0.25, -0.2) is 9.13 Å². The van der Waals surface area contributed by atoms with Crippen molar-refractivity contribution in [1.29, 1.82) is 0 Å². The summed E-state index contributed by atoms with van der Waals surface area (Å²) in [5.41, 5.74) is 0. The second-order valence-electron chi connectivity index (χ2n) is 10.4. The van der Waals surface area contributed by atoms with E-state index in [1.54, 1.807) is 7.11 Å². The molecule has 0 unspecified atom stereocenters. The molecule has 0 aliphatic rings. The molecule has 0 amide bonds. The van der Waals surface area contributed by atoms with Crippen LogP contribution in [-0.4, -0.2) is 111 Å². The van der Waals surface area contributed by atoms with Gasteiger partial charge in [-0.3, -0.25) is 0 Å². The highest BCUT2D eigenvalue weighted by atomic mass is 16.6. The molecule has 0 saturated carbocycles. The molecule has 1 rings (SSSR count). The molecule has 1 aromatic rings. The van der Waals surface area contributed by atoms with Crippen molar-refractivity contribution in [2.45, 2.75) is 84.2 Å². The normalized spacial score (nSPS) is 11.6. The lowest BCUT2D eigenvalue weighted by Gasteiger charge is -2.08. The molecule has 0 aliphatic carbocycles. The first-order valence-corrected chi connectivity index (χ1v) is 16.4. The van der Waals surface area contributed by atoms with Gasteiger partial charge in [-0.05, 0) is 12.8 Å². The molecule has 0 fully saturated rings. The highest BCUT2D eigenvalue weighted by Crippen LogP contribution is 2.10. The predicted octanol–water partition coefficient (Wildman–Crippen LogP) is 4.46. The third kappa shape index (κ3) is 27.7. The van der Waals surface area contributed by atoms with Gasteiger partial charge in [0.25, 0.3) is 0 Å². The van der Waals surface area contributed by atoms with Crippen molar-refractivity contribution in [1.82, 2.24) is 4.57 Å². The fourth-order valence-corrected chi connectivity index (χ4v) is 4.22. The first-order valence-electron chi connectivity index (χ1n) is 16.4. The van der Waals surface area contributed by atoms with E-state index in [9.17, 15) is 0 Å². The van der Waals surface area contributed by atoms with Crippen LogP contribution >= 0.6 is 0 Å². The van der Waals surface area contributed by atoms with Gasteiger partial charge in [-0.2, -0.15) is 0 Å². The quantitative estimate of drug-likeness (QED) is 0.0831. The Labute approximate surface area is 256 Å². The number of ether oxygens (including phenoxy) is 8. The highest BCUT2D eigenvalue weighted by Gasteiger charge is 2.04. The molecule has 0 bridgehead atoms. The summed E-state index contributed by atoms with van der Waals surface area (Å²) < 4.78 is 47.8. The summed E-state index contributed by atoms with van der Waals surface area (Å²) in [5, 5.41) is 0. The van der Waals surface area contributed by atoms with E-state index in [1.807, 2.05) is 0 Å². The lowest BCUT2D eigenvalue weighted by Crippen LogP contribution is -2.31. The number of aryl methyl sites for hydroxylation is 1. The first-order chi connectivity index (χ1) is 20.9. The minimum Gasteiger partial charge on any atom is -0.382 e. The van der Waals surface area contributed by atoms with Crippen LogP contribution in [0.2, 0.25) is 0 Å². The maximum absolute atomic E-state index is 5.71. The molecule has 10 heteroatoms. The molecule has 0 aliphatic heterocycles. The number of nitrogens with zero attached hydrogens (tertiary/aromatic N) is 2. The third-order valence-electron chi connectivity index (χ3n) is 6.67. The average molecular weight is 604 g/mol. The van der Waals surface area contributed by atoms with Crippen LogP contribution in [0.25, 0.3) is 0 Å². The molecule has 0 radical (unpaired) electrons. The van der Waals surface area contributed by atoms with Crippen molar-refractivity contribution in [3.05, 3.63) is 18.7 Å². The third-order valence-corrected chi connectivity index (χ3v) is 6.67. The van der Waals surface area contributed by atoms with Gasteiger partial charge in [-0.15, -0.1) is 0 Å². The van der Waals surface area contributed by atoms with E-state index in [2.05, 4.69) is 34.8 Å². The van der Waals surface area contributed by atoms with E-state index in [0.717, 1.165) is 13.1 Å². The summed E-state index contributed by atoms with van der Waals surface area (Å²) in [4.78, 5) is 0. The molecule has 0 N–H and O–H groups in total. The van der Waals surface area contributed by atoms with E-state index >= 15 is 0 Å². The standard InChI is InChI=1S/C32H63N2O8/c1-3-4-5-6-7-8-9-10-11-12-13-33-14-15-34(32-33)16-17-36-20-21-38-24-25-40-28-29-42-31-30-41-27-26-39-23-22-37-19-18-35-2/h14-15,32H,3-13,16-31H2,1-2H3/q+1. The maximum atomic E-state index is 5.71. The Kier molecular flexibility index (Phi) is 30.4. The first kappa shape index (κ1) is 38.9. The number of methoxy groups -OCH3 is 1. The van der Waals surface area contributed by atoms with Gasteiger partial charge in [0.2, 0.25) is 6.33 Å². The second kappa shape index (κ2) is 32.8. The monoisotopic (exact) mass is 603 g/mol. The van der Waals surface area contributed by atoms with Gasteiger partial charge in [-0.1, -0.05) is 58.3 Å². The molecule has 42 heavy (non-hydrogen) atoms. The maximum Gasteiger partial charge on any atom is 0.243 e. The van der Waals surface area contributed by atoms with E-state index in [0.29, 0.717) is 99.1 Å². The Balaban J connectivity index is 1.74. The number of unbranched alkanes of at least 4 members (excludes halogenated alkanes) is 9. The van der Waals surface area contributed by atoms with Crippen molar-refractivity contribution in [2.75, 3.05) is 106 Å². The summed E-state index contributed by atoms with van der Waals surface area (Å²) in [6.45, 7) is 12.8. The molecule has 0 atom stereocenters. The fourth-order valence-electron chi connectivity index (χ4n) is 4.22. The van der Waals surface area contributed by atoms with Crippen LogP contribution in [0.3, 0.4) is 0 Å². The Morgan fingerprint density at radius 3 is 1.29 bits per heavy atom. The number of imidazole rings is 1. The van der Waals surface area contributed by atoms with E-state index < -0.39 is 0 Å². The fraction of sp³-hybridized carbons (Fsp3) is 0.906. The second-order valence-corrected chi connectivity index (χ2v) is 10.4. The van der Waals surface area contributed by atoms with Crippen LogP contribution < -0.4 is 4.57 Å². The predicted molar refractivity (Wildman–Crippen MR) is 164 cm³/mol. The van der Waals surface area contributed by atoms with Crippen LogP contribution in [0.5, 0.6) is 0 Å². The Morgan fingerprint density at radius 2 is 0.857 bits per heavy atom. The van der Waals surface area contributed by atoms with Gasteiger partial charge in [0, 0.05) is 7.11 Å². The minimum absolute atomic E-state index is 0.541. The summed E-state index contributed by atoms with van der Waals surface area (Å²) >= 11 is 0. The SMILES string of the molecule is CCCCCCCCCCCC[n+]1ccn(CCOCCOCCOCCOCCOCCOCCOCCOC)c1. The van der Waals surface area contributed by atoms with Gasteiger partial charge in [0.1, 0.15) is 18.9 Å². The zero-order valence-corrected chi connectivity index (χ0v) is 27.0. The summed E-state index contributed by atoms with van der Waals surface area (Å²) in [7, 11) is 1.65. The topological polar surface area (TPSA) is 82.7 Å². The van der Waals surface area contributed by atoms with Crippen molar-refractivity contribution >= 4 is 0 Å². The van der Waals surface area contributed by atoms with E-state index in [1.165, 1.54) is 64.2 Å². The summed E-state index contributed by atoms with van der Waals surface area (Å²) in [5.74, 6) is 0. The van der Waals surface area contributed by atoms with Gasteiger partial charge >= 0.3 is 0 Å². The smallest absolute Gasteiger partial charge is 0.243 e. The van der Waals surface area contributed by atoms with Crippen LogP contribution in [0.1, 0.15) is 71.1 Å². The molecule has 0 spiro atoms. The van der Waals surface area contributed by atoms with Crippen LogP contribution in [0, 0.1) is 0 Å². The van der Waals surface area contributed by atoms with Gasteiger partial charge in [0.15, 0.2) is 0 Å². The van der Waals surface area contributed by atoms with Crippen LogP contribution in [0.4, 0.5) is 0 Å². The lowest BCUT2D eigenvalue weighted by molar-refractivity contribution is -0.696. The molecule has 1 heterocycles. The van der Waals surface area contributed by atoms with E-state index in [-0.39, 0.29) is 0 Å². The Bertz CT molecular complexity index is 650. The minimum atomic E-state index is 0.541. The molecule has 1 aromatic heterocycles. The average Bonchev–Trinajstić information content (AvgIpc) is 3.46. The Hall–Kier alpha value is -1.11. The summed E-state index contributed by atoms with van der Waals surface area (Å²) in [6, 6.07) is 0. The molecule has 0 aromatic carbocycles. The molecule has 0 saturated heterocycles. The van der Waals surface area contributed by atoms with Crippen molar-refractivity contribution < 1.29 is 42.5 Å². The van der Waals surface area contributed by atoms with E-state index in [4.69, 9.17) is 37.9 Å². The molecular formula is C32H63N2O8+. The molecular weight excluding hydrogens is 540 g/mol.